The zero-order valence-electron chi connectivity index (χ0n) is 29.1. The van der Waals surface area contributed by atoms with Gasteiger partial charge in [0.25, 0.3) is 5.79 Å². The van der Waals surface area contributed by atoms with E-state index in [9.17, 15) is 28.8 Å². The Morgan fingerprint density at radius 2 is 1.24 bits per heavy atom. The average molecular weight is 727 g/mol. The first kappa shape index (κ1) is 39.6. The minimum atomic E-state index is -1.98. The van der Waals surface area contributed by atoms with Crippen LogP contribution in [0.4, 0.5) is 0 Å². The summed E-state index contributed by atoms with van der Waals surface area (Å²) in [4.78, 5) is 73.9. The molecule has 18 heteroatoms. The molecule has 0 saturated carbocycles. The molecule has 0 aliphatic carbocycles. The first-order valence-corrected chi connectivity index (χ1v) is 16.0. The van der Waals surface area contributed by atoms with E-state index in [1.54, 1.807) is 0 Å². The lowest BCUT2D eigenvalue weighted by Crippen LogP contribution is -2.66. The second-order valence-electron chi connectivity index (χ2n) is 11.9. The molecule has 3 aliphatic rings. The number of hydrogen-bond donors (Lipinski definition) is 0. The van der Waals surface area contributed by atoms with Gasteiger partial charge in [-0.2, -0.15) is 0 Å². The van der Waals surface area contributed by atoms with E-state index in [2.05, 4.69) is 0 Å². The molecule has 1 aromatic rings. The van der Waals surface area contributed by atoms with Gasteiger partial charge in [-0.25, -0.2) is 4.79 Å². The standard InChI is InChI=1S/C33H42O18/c1-16(34)42-15-23-24(43-17(2)35)26(44-18(3)36)28(46-20(5)38)30(47-23)49-25-22(14-41-13-21-11-9-8-10-12-21)48-31-29(27(25)45-19(4)37)50-33(6,51-31)32(39)40-7/h8-12,22-31H,13-15H2,1-7H3/t22-,23?,24-,25+,26-,27?,28?,29?,30-,31+,33+/m0/s1. The van der Waals surface area contributed by atoms with Crippen molar-refractivity contribution in [3.8, 4) is 0 Å². The molecule has 11 atom stereocenters. The molecular weight excluding hydrogens is 684 g/mol. The molecule has 0 amide bonds. The number of ether oxygens (including phenoxy) is 12. The maximum Gasteiger partial charge on any atom is 0.366 e. The number of benzene rings is 1. The van der Waals surface area contributed by atoms with E-state index in [-0.39, 0.29) is 13.2 Å². The van der Waals surface area contributed by atoms with Crippen LogP contribution in [0.3, 0.4) is 0 Å². The molecule has 18 nitrogen and oxygen atoms in total. The lowest BCUT2D eigenvalue weighted by Gasteiger charge is -2.47. The summed E-state index contributed by atoms with van der Waals surface area (Å²) in [6.45, 7) is 6.17. The van der Waals surface area contributed by atoms with Gasteiger partial charge >= 0.3 is 35.8 Å². The average Bonchev–Trinajstić information content (AvgIpc) is 3.40. The van der Waals surface area contributed by atoms with Crippen molar-refractivity contribution >= 4 is 35.8 Å². The highest BCUT2D eigenvalue weighted by molar-refractivity contribution is 5.77. The van der Waals surface area contributed by atoms with Crippen molar-refractivity contribution < 1.29 is 85.6 Å². The third kappa shape index (κ3) is 10.2. The zero-order valence-corrected chi connectivity index (χ0v) is 29.1. The van der Waals surface area contributed by atoms with Gasteiger partial charge in [0, 0.05) is 41.5 Å². The lowest BCUT2D eigenvalue weighted by molar-refractivity contribution is -0.348. The Bertz CT molecular complexity index is 1420. The molecule has 3 aliphatic heterocycles. The molecule has 0 bridgehead atoms. The minimum absolute atomic E-state index is 0.121. The van der Waals surface area contributed by atoms with Gasteiger partial charge in [-0.05, 0) is 5.56 Å². The van der Waals surface area contributed by atoms with Crippen LogP contribution in [0.1, 0.15) is 47.1 Å². The van der Waals surface area contributed by atoms with Crippen molar-refractivity contribution in [3.05, 3.63) is 35.9 Å². The van der Waals surface area contributed by atoms with Crippen LogP contribution in [0.5, 0.6) is 0 Å². The maximum atomic E-state index is 12.7. The highest BCUT2D eigenvalue weighted by Crippen LogP contribution is 2.41. The molecule has 0 spiro atoms. The van der Waals surface area contributed by atoms with Crippen LogP contribution in [0.15, 0.2) is 30.3 Å². The lowest BCUT2D eigenvalue weighted by atomic mass is 9.96. The van der Waals surface area contributed by atoms with Gasteiger partial charge in [0.1, 0.15) is 24.9 Å². The molecule has 51 heavy (non-hydrogen) atoms. The quantitative estimate of drug-likeness (QED) is 0.201. The molecule has 282 valence electrons. The monoisotopic (exact) mass is 726 g/mol. The van der Waals surface area contributed by atoms with Crippen molar-refractivity contribution in [2.45, 2.75) is 115 Å². The first-order chi connectivity index (χ1) is 24.1. The molecule has 3 fully saturated rings. The summed E-state index contributed by atoms with van der Waals surface area (Å²) in [7, 11) is 1.13. The smallest absolute Gasteiger partial charge is 0.366 e. The molecule has 0 radical (unpaired) electrons. The van der Waals surface area contributed by atoms with E-state index >= 15 is 0 Å². The number of rotatable bonds is 13. The maximum absolute atomic E-state index is 12.7. The Kier molecular flexibility index (Phi) is 13.5. The van der Waals surface area contributed by atoms with Crippen LogP contribution in [0.2, 0.25) is 0 Å². The van der Waals surface area contributed by atoms with E-state index < -0.39 is 110 Å². The molecule has 0 aromatic heterocycles. The third-order valence-corrected chi connectivity index (χ3v) is 7.78. The highest BCUT2D eigenvalue weighted by Gasteiger charge is 2.62. The number of esters is 6. The molecular formula is C33H42O18. The third-order valence-electron chi connectivity index (χ3n) is 7.78. The highest BCUT2D eigenvalue weighted by atomic mass is 16.9. The predicted molar refractivity (Wildman–Crippen MR) is 164 cm³/mol. The summed E-state index contributed by atoms with van der Waals surface area (Å²) in [5.74, 6) is -6.93. The second kappa shape index (κ2) is 17.3. The Morgan fingerprint density at radius 1 is 0.667 bits per heavy atom. The fourth-order valence-corrected chi connectivity index (χ4v) is 5.83. The topological polar surface area (TPSA) is 213 Å². The van der Waals surface area contributed by atoms with Gasteiger partial charge in [0.05, 0.1) is 20.3 Å². The van der Waals surface area contributed by atoms with E-state index in [0.29, 0.717) is 0 Å². The van der Waals surface area contributed by atoms with Gasteiger partial charge in [-0.1, -0.05) is 30.3 Å². The number of carbonyl (C=O) groups is 6. The molecule has 1 aromatic carbocycles. The molecule has 3 heterocycles. The van der Waals surface area contributed by atoms with Gasteiger partial charge in [0.15, 0.2) is 43.1 Å². The number of fused-ring (bicyclic) bond motifs is 1. The van der Waals surface area contributed by atoms with Gasteiger partial charge in [0.2, 0.25) is 0 Å². The van der Waals surface area contributed by atoms with E-state index in [1.807, 2.05) is 30.3 Å². The summed E-state index contributed by atoms with van der Waals surface area (Å²) in [5, 5.41) is 0. The summed E-state index contributed by atoms with van der Waals surface area (Å²) < 4.78 is 68.7. The summed E-state index contributed by atoms with van der Waals surface area (Å²) >= 11 is 0. The normalized spacial score (nSPS) is 32.8. The zero-order chi connectivity index (χ0) is 37.5. The van der Waals surface area contributed by atoms with Gasteiger partial charge < -0.3 is 56.8 Å². The van der Waals surface area contributed by atoms with Crippen LogP contribution in [-0.2, 0) is 92.2 Å². The van der Waals surface area contributed by atoms with E-state index in [4.69, 9.17) is 56.8 Å². The molecule has 0 N–H and O–H groups in total. The SMILES string of the molecule is COC(=O)[C@]1(C)OC2C(OC(C)=O)[C@H](O[C@@H]3OC(COC(C)=O)[C@H](OC(C)=O)[C@H](OC(C)=O)C3OC(C)=O)[C@H](COCc3ccccc3)O[C@@H]2O1. The first-order valence-electron chi connectivity index (χ1n) is 16.0. The van der Waals surface area contributed by atoms with Crippen molar-refractivity contribution in [1.29, 1.82) is 0 Å². The number of carbonyl (C=O) groups excluding carboxylic acids is 6. The van der Waals surface area contributed by atoms with Crippen molar-refractivity contribution in [3.63, 3.8) is 0 Å². The fourth-order valence-electron chi connectivity index (χ4n) is 5.83. The second-order valence-corrected chi connectivity index (χ2v) is 11.9. The van der Waals surface area contributed by atoms with Crippen LogP contribution >= 0.6 is 0 Å². The van der Waals surface area contributed by atoms with E-state index in [1.165, 1.54) is 6.92 Å². The minimum Gasteiger partial charge on any atom is -0.465 e. The predicted octanol–water partition coefficient (Wildman–Crippen LogP) is 0.633. The van der Waals surface area contributed by atoms with Gasteiger partial charge in [-0.3, -0.25) is 24.0 Å². The Labute approximate surface area is 293 Å². The Balaban J connectivity index is 1.76. The number of hydrogen-bond acceptors (Lipinski definition) is 18. The Morgan fingerprint density at radius 3 is 1.82 bits per heavy atom. The number of methoxy groups -OCH3 is 1. The van der Waals surface area contributed by atoms with Crippen molar-refractivity contribution in [1.82, 2.24) is 0 Å². The fraction of sp³-hybridized carbons (Fsp3) is 0.636. The molecule has 3 saturated heterocycles. The van der Waals surface area contributed by atoms with Crippen LogP contribution in [-0.4, -0.2) is 123 Å². The summed E-state index contributed by atoms with van der Waals surface area (Å²) in [6, 6.07) is 9.15. The molecule has 4 unspecified atom stereocenters. The van der Waals surface area contributed by atoms with E-state index in [0.717, 1.165) is 47.3 Å². The van der Waals surface area contributed by atoms with Crippen molar-refractivity contribution in [2.24, 2.45) is 0 Å². The largest absolute Gasteiger partial charge is 0.465 e. The Hall–Kier alpha value is -4.20. The van der Waals surface area contributed by atoms with Crippen LogP contribution in [0, 0.1) is 0 Å². The van der Waals surface area contributed by atoms with Crippen LogP contribution < -0.4 is 0 Å². The summed E-state index contributed by atoms with van der Waals surface area (Å²) in [5.41, 5.74) is 0.818. The molecule has 4 rings (SSSR count). The summed E-state index contributed by atoms with van der Waals surface area (Å²) in [6.07, 6.45) is -14.2. The van der Waals surface area contributed by atoms with Gasteiger partial charge in [-0.15, -0.1) is 0 Å². The van der Waals surface area contributed by atoms with Crippen molar-refractivity contribution in [2.75, 3.05) is 20.3 Å². The van der Waals surface area contributed by atoms with Crippen LogP contribution in [0.25, 0.3) is 0 Å².